The van der Waals surface area contributed by atoms with Gasteiger partial charge in [-0.15, -0.1) is 0 Å². The van der Waals surface area contributed by atoms with Gasteiger partial charge in [0.05, 0.1) is 6.33 Å². The fraction of sp³-hybridized carbons (Fsp3) is 0.105. The molecule has 0 aliphatic rings. The van der Waals surface area contributed by atoms with E-state index in [2.05, 4.69) is 27.1 Å². The van der Waals surface area contributed by atoms with Gasteiger partial charge in [0, 0.05) is 12.1 Å². The summed E-state index contributed by atoms with van der Waals surface area (Å²) < 4.78 is 1.82. The zero-order valence-corrected chi connectivity index (χ0v) is 13.4. The van der Waals surface area contributed by atoms with E-state index in [9.17, 15) is 9.90 Å². The van der Waals surface area contributed by atoms with Crippen molar-refractivity contribution in [1.82, 2.24) is 19.5 Å². The number of imidazole rings is 1. The zero-order chi connectivity index (χ0) is 17.2. The third kappa shape index (κ3) is 3.01. The molecule has 124 valence electrons. The lowest BCUT2D eigenvalue weighted by Crippen LogP contribution is -2.14. The van der Waals surface area contributed by atoms with Crippen LogP contribution in [0.15, 0.2) is 65.7 Å². The van der Waals surface area contributed by atoms with Crippen LogP contribution in [0.4, 0.5) is 0 Å². The van der Waals surface area contributed by atoms with Crippen LogP contribution in [0.25, 0.3) is 22.6 Å². The van der Waals surface area contributed by atoms with Crippen molar-refractivity contribution in [1.29, 1.82) is 0 Å². The Morgan fingerprint density at radius 2 is 1.92 bits per heavy atom. The Labute approximate surface area is 143 Å². The van der Waals surface area contributed by atoms with Crippen molar-refractivity contribution < 1.29 is 5.11 Å². The standard InChI is InChI=1S/C19H16N4O2/c24-15-8-4-7-14(11-15)17-21-18-16(19(25)22-17)23(12-20-18)10-9-13-5-2-1-3-6-13/h1-8,11-12,24H,9-10H2,(H,21,22,25). The van der Waals surface area contributed by atoms with Crippen molar-refractivity contribution in [2.45, 2.75) is 13.0 Å². The molecule has 0 bridgehead atoms. The van der Waals surface area contributed by atoms with Gasteiger partial charge >= 0.3 is 0 Å². The minimum atomic E-state index is -0.242. The number of nitrogens with zero attached hydrogens (tertiary/aromatic N) is 3. The number of hydrogen-bond acceptors (Lipinski definition) is 4. The number of aryl methyl sites for hydroxylation is 2. The zero-order valence-electron chi connectivity index (χ0n) is 13.4. The van der Waals surface area contributed by atoms with Gasteiger partial charge in [-0.05, 0) is 24.1 Å². The Kier molecular flexibility index (Phi) is 3.78. The molecule has 4 rings (SSSR count). The van der Waals surface area contributed by atoms with Crippen LogP contribution in [0.2, 0.25) is 0 Å². The summed E-state index contributed by atoms with van der Waals surface area (Å²) in [6.07, 6.45) is 2.45. The first-order chi connectivity index (χ1) is 12.2. The van der Waals surface area contributed by atoms with Crippen LogP contribution in [0, 0.1) is 0 Å². The molecule has 0 unspecified atom stereocenters. The number of H-pyrrole nitrogens is 1. The molecular formula is C19H16N4O2. The number of rotatable bonds is 4. The summed E-state index contributed by atoms with van der Waals surface area (Å²) in [4.78, 5) is 24.0. The highest BCUT2D eigenvalue weighted by Crippen LogP contribution is 2.20. The van der Waals surface area contributed by atoms with E-state index in [0.29, 0.717) is 29.1 Å². The second-order valence-electron chi connectivity index (χ2n) is 5.81. The van der Waals surface area contributed by atoms with E-state index in [1.807, 2.05) is 22.8 Å². The van der Waals surface area contributed by atoms with Crippen molar-refractivity contribution >= 4 is 11.2 Å². The SMILES string of the molecule is O=c1[nH]c(-c2cccc(O)c2)nc2ncn(CCc3ccccc3)c12. The van der Waals surface area contributed by atoms with Crippen LogP contribution in [-0.4, -0.2) is 24.6 Å². The van der Waals surface area contributed by atoms with Crippen LogP contribution in [0.1, 0.15) is 5.56 Å². The molecule has 2 aromatic heterocycles. The maximum Gasteiger partial charge on any atom is 0.277 e. The molecule has 0 aliphatic carbocycles. The molecule has 2 heterocycles. The molecule has 0 radical (unpaired) electrons. The summed E-state index contributed by atoms with van der Waals surface area (Å²) in [5, 5.41) is 9.60. The van der Waals surface area contributed by atoms with E-state index in [1.54, 1.807) is 30.6 Å². The topological polar surface area (TPSA) is 83.8 Å². The molecule has 2 aromatic carbocycles. The smallest absolute Gasteiger partial charge is 0.277 e. The van der Waals surface area contributed by atoms with Gasteiger partial charge in [0.15, 0.2) is 11.2 Å². The quantitative estimate of drug-likeness (QED) is 0.602. The molecule has 6 heteroatoms. The summed E-state index contributed by atoms with van der Waals surface area (Å²) in [7, 11) is 0. The van der Waals surface area contributed by atoms with Gasteiger partial charge in [-0.25, -0.2) is 9.97 Å². The molecule has 0 fully saturated rings. The minimum Gasteiger partial charge on any atom is -0.508 e. The Bertz CT molecular complexity index is 1080. The fourth-order valence-corrected chi connectivity index (χ4v) is 2.84. The lowest BCUT2D eigenvalue weighted by atomic mass is 10.1. The van der Waals surface area contributed by atoms with Crippen LogP contribution in [-0.2, 0) is 13.0 Å². The number of fused-ring (bicyclic) bond motifs is 1. The largest absolute Gasteiger partial charge is 0.508 e. The molecule has 4 aromatic rings. The summed E-state index contributed by atoms with van der Waals surface area (Å²) in [5.74, 6) is 0.510. The van der Waals surface area contributed by atoms with E-state index in [-0.39, 0.29) is 11.3 Å². The normalized spacial score (nSPS) is 11.0. The first-order valence-electron chi connectivity index (χ1n) is 7.99. The van der Waals surface area contributed by atoms with Crippen molar-refractivity contribution in [2.24, 2.45) is 0 Å². The second kappa shape index (κ2) is 6.24. The van der Waals surface area contributed by atoms with Gasteiger partial charge in [-0.3, -0.25) is 4.79 Å². The lowest BCUT2D eigenvalue weighted by molar-refractivity contribution is 0.475. The maximum absolute atomic E-state index is 12.5. The lowest BCUT2D eigenvalue weighted by Gasteiger charge is -2.05. The van der Waals surface area contributed by atoms with E-state index in [4.69, 9.17) is 0 Å². The molecular weight excluding hydrogens is 316 g/mol. The number of aromatic nitrogens is 4. The number of hydrogen-bond donors (Lipinski definition) is 2. The fourth-order valence-electron chi connectivity index (χ4n) is 2.84. The molecule has 0 saturated carbocycles. The predicted molar refractivity (Wildman–Crippen MR) is 95.4 cm³/mol. The van der Waals surface area contributed by atoms with Crippen LogP contribution in [0.5, 0.6) is 5.75 Å². The molecule has 0 atom stereocenters. The third-order valence-electron chi connectivity index (χ3n) is 4.09. The molecule has 2 N–H and O–H groups in total. The van der Waals surface area contributed by atoms with Crippen molar-refractivity contribution in [3.63, 3.8) is 0 Å². The number of aromatic hydroxyl groups is 1. The van der Waals surface area contributed by atoms with Gasteiger partial charge in [-0.2, -0.15) is 0 Å². The number of phenolic OH excluding ortho intramolecular Hbond substituents is 1. The van der Waals surface area contributed by atoms with Gasteiger partial charge in [0.1, 0.15) is 11.6 Å². The van der Waals surface area contributed by atoms with Crippen molar-refractivity contribution in [2.75, 3.05) is 0 Å². The average molecular weight is 332 g/mol. The van der Waals surface area contributed by atoms with Crippen LogP contribution < -0.4 is 5.56 Å². The highest BCUT2D eigenvalue weighted by Gasteiger charge is 2.12. The van der Waals surface area contributed by atoms with Crippen molar-refractivity contribution in [3.8, 4) is 17.1 Å². The predicted octanol–water partition coefficient (Wildman–Crippen LogP) is 2.73. The first-order valence-corrected chi connectivity index (χ1v) is 7.99. The number of phenols is 1. The molecule has 0 spiro atoms. The number of aromatic amines is 1. The average Bonchev–Trinajstić information content (AvgIpc) is 3.04. The summed E-state index contributed by atoms with van der Waals surface area (Å²) >= 11 is 0. The van der Waals surface area contributed by atoms with Crippen LogP contribution >= 0.6 is 0 Å². The molecule has 6 nitrogen and oxygen atoms in total. The summed E-state index contributed by atoms with van der Waals surface area (Å²) in [6.45, 7) is 0.650. The molecule has 25 heavy (non-hydrogen) atoms. The highest BCUT2D eigenvalue weighted by atomic mass is 16.3. The summed E-state index contributed by atoms with van der Waals surface area (Å²) in [6, 6.07) is 16.7. The van der Waals surface area contributed by atoms with Gasteiger partial charge in [0.25, 0.3) is 5.56 Å². The van der Waals surface area contributed by atoms with E-state index >= 15 is 0 Å². The molecule has 0 aliphatic heterocycles. The Balaban J connectivity index is 1.69. The molecule has 0 amide bonds. The Hall–Kier alpha value is -3.41. The molecule has 0 saturated heterocycles. The van der Waals surface area contributed by atoms with Gasteiger partial charge in [0.2, 0.25) is 0 Å². The van der Waals surface area contributed by atoms with Gasteiger partial charge < -0.3 is 14.7 Å². The second-order valence-corrected chi connectivity index (χ2v) is 5.81. The van der Waals surface area contributed by atoms with E-state index < -0.39 is 0 Å². The van der Waals surface area contributed by atoms with Crippen molar-refractivity contribution in [3.05, 3.63) is 76.8 Å². The Morgan fingerprint density at radius 3 is 2.72 bits per heavy atom. The van der Waals surface area contributed by atoms with E-state index in [1.165, 1.54) is 5.56 Å². The third-order valence-corrected chi connectivity index (χ3v) is 4.09. The van der Waals surface area contributed by atoms with Gasteiger partial charge in [-0.1, -0.05) is 42.5 Å². The first kappa shape index (κ1) is 15.1. The van der Waals surface area contributed by atoms with E-state index in [0.717, 1.165) is 6.42 Å². The minimum absolute atomic E-state index is 0.119. The summed E-state index contributed by atoms with van der Waals surface area (Å²) in [5.41, 5.74) is 2.45. The van der Waals surface area contributed by atoms with Crippen LogP contribution in [0.3, 0.4) is 0 Å². The maximum atomic E-state index is 12.5. The Morgan fingerprint density at radius 1 is 1.08 bits per heavy atom. The number of nitrogens with one attached hydrogen (secondary N) is 1. The highest BCUT2D eigenvalue weighted by molar-refractivity contribution is 5.72. The monoisotopic (exact) mass is 332 g/mol. The number of benzene rings is 2.